The molecule has 0 bridgehead atoms. The van der Waals surface area contributed by atoms with Crippen LogP contribution in [0.4, 0.5) is 0 Å². The maximum atomic E-state index is 11.9. The van der Waals surface area contributed by atoms with Gasteiger partial charge in [-0.15, -0.1) is 0 Å². The van der Waals surface area contributed by atoms with Crippen molar-refractivity contribution in [2.75, 3.05) is 0 Å². The molecule has 0 radical (unpaired) electrons. The minimum atomic E-state index is -4.59. The zero-order chi connectivity index (χ0) is 16.6. The normalized spacial score (nSPS) is 11.6. The van der Waals surface area contributed by atoms with Crippen LogP contribution in [0.15, 0.2) is 59.5 Å². The zero-order valence-corrected chi connectivity index (χ0v) is 13.9. The van der Waals surface area contributed by atoms with Crippen molar-refractivity contribution in [2.45, 2.75) is 4.90 Å². The van der Waals surface area contributed by atoms with Crippen LogP contribution in [0.3, 0.4) is 0 Å². The van der Waals surface area contributed by atoms with Gasteiger partial charge < -0.3 is 4.74 Å². The van der Waals surface area contributed by atoms with Gasteiger partial charge in [0.25, 0.3) is 10.1 Å². The van der Waals surface area contributed by atoms with Crippen molar-refractivity contribution < 1.29 is 17.7 Å². The van der Waals surface area contributed by atoms with E-state index in [2.05, 4.69) is 0 Å². The average Bonchev–Trinajstić information content (AvgIpc) is 2.52. The van der Waals surface area contributed by atoms with E-state index >= 15 is 0 Å². The molecule has 118 valence electrons. The SMILES string of the molecule is O=S(=O)(O)c1c(Oc2ccccc2)c(Cl)c(Cl)c2ccccc12. The van der Waals surface area contributed by atoms with Crippen LogP contribution in [-0.2, 0) is 10.1 Å². The molecule has 3 aromatic carbocycles. The maximum Gasteiger partial charge on any atom is 0.298 e. The second-order valence-corrected chi connectivity index (χ2v) is 6.84. The molecule has 0 spiro atoms. The third-order valence-corrected chi connectivity index (χ3v) is 5.00. The van der Waals surface area contributed by atoms with E-state index in [1.807, 2.05) is 0 Å². The van der Waals surface area contributed by atoms with E-state index in [4.69, 9.17) is 27.9 Å². The van der Waals surface area contributed by atoms with Crippen LogP contribution in [-0.4, -0.2) is 13.0 Å². The fourth-order valence-electron chi connectivity index (χ4n) is 2.27. The highest BCUT2D eigenvalue weighted by Crippen LogP contribution is 2.45. The van der Waals surface area contributed by atoms with E-state index in [9.17, 15) is 13.0 Å². The molecule has 0 saturated carbocycles. The predicted molar refractivity (Wildman–Crippen MR) is 90.3 cm³/mol. The first-order valence-electron chi connectivity index (χ1n) is 6.49. The molecule has 0 saturated heterocycles. The maximum absolute atomic E-state index is 11.9. The molecule has 0 aliphatic heterocycles. The summed E-state index contributed by atoms with van der Waals surface area (Å²) in [6.07, 6.45) is 0. The monoisotopic (exact) mass is 368 g/mol. The van der Waals surface area contributed by atoms with Gasteiger partial charge in [0, 0.05) is 10.8 Å². The van der Waals surface area contributed by atoms with E-state index in [1.165, 1.54) is 6.07 Å². The lowest BCUT2D eigenvalue weighted by molar-refractivity contribution is 0.452. The van der Waals surface area contributed by atoms with E-state index in [1.54, 1.807) is 48.5 Å². The molecule has 0 aliphatic rings. The van der Waals surface area contributed by atoms with Crippen LogP contribution in [0.25, 0.3) is 10.8 Å². The fraction of sp³-hybridized carbons (Fsp3) is 0. The molecular formula is C16H10Cl2O4S. The molecule has 0 atom stereocenters. The Morgan fingerprint density at radius 1 is 0.826 bits per heavy atom. The summed E-state index contributed by atoms with van der Waals surface area (Å²) in [4.78, 5) is -0.411. The number of hydrogen-bond acceptors (Lipinski definition) is 3. The zero-order valence-electron chi connectivity index (χ0n) is 11.5. The molecule has 4 nitrogen and oxygen atoms in total. The largest absolute Gasteiger partial charge is 0.454 e. The number of para-hydroxylation sites is 1. The number of rotatable bonds is 3. The van der Waals surface area contributed by atoms with Gasteiger partial charge in [-0.05, 0) is 12.1 Å². The van der Waals surface area contributed by atoms with Gasteiger partial charge in [0.05, 0.1) is 5.02 Å². The smallest absolute Gasteiger partial charge is 0.298 e. The topological polar surface area (TPSA) is 63.6 Å². The van der Waals surface area contributed by atoms with Gasteiger partial charge in [-0.1, -0.05) is 65.7 Å². The van der Waals surface area contributed by atoms with E-state index < -0.39 is 15.0 Å². The number of benzene rings is 3. The van der Waals surface area contributed by atoms with Crippen LogP contribution < -0.4 is 4.74 Å². The van der Waals surface area contributed by atoms with Crippen molar-refractivity contribution in [1.82, 2.24) is 0 Å². The summed E-state index contributed by atoms with van der Waals surface area (Å²) < 4.78 is 39.0. The van der Waals surface area contributed by atoms with Crippen molar-refractivity contribution in [2.24, 2.45) is 0 Å². The molecule has 0 aromatic heterocycles. The Labute approximate surface area is 143 Å². The number of hydrogen-bond donors (Lipinski definition) is 1. The number of fused-ring (bicyclic) bond motifs is 1. The van der Waals surface area contributed by atoms with Gasteiger partial charge in [0.15, 0.2) is 5.75 Å². The Morgan fingerprint density at radius 2 is 1.39 bits per heavy atom. The highest BCUT2D eigenvalue weighted by molar-refractivity contribution is 7.86. The Bertz CT molecular complexity index is 986. The van der Waals surface area contributed by atoms with Gasteiger partial charge in [0.2, 0.25) is 0 Å². The van der Waals surface area contributed by atoms with Gasteiger partial charge in [-0.25, -0.2) is 0 Å². The Hall–Kier alpha value is -1.79. The van der Waals surface area contributed by atoms with Gasteiger partial charge >= 0.3 is 0 Å². The average molecular weight is 369 g/mol. The van der Waals surface area contributed by atoms with E-state index in [-0.39, 0.29) is 21.2 Å². The molecule has 23 heavy (non-hydrogen) atoms. The highest BCUT2D eigenvalue weighted by Gasteiger charge is 2.27. The lowest BCUT2D eigenvalue weighted by atomic mass is 10.1. The van der Waals surface area contributed by atoms with Crippen LogP contribution in [0, 0.1) is 0 Å². The van der Waals surface area contributed by atoms with Crippen molar-refractivity contribution in [3.63, 3.8) is 0 Å². The molecule has 1 N–H and O–H groups in total. The van der Waals surface area contributed by atoms with Crippen LogP contribution in [0.1, 0.15) is 0 Å². The minimum absolute atomic E-state index is 0.0816. The van der Waals surface area contributed by atoms with Crippen molar-refractivity contribution in [3.8, 4) is 11.5 Å². The van der Waals surface area contributed by atoms with Gasteiger partial charge in [-0.3, -0.25) is 4.55 Å². The number of ether oxygens (including phenoxy) is 1. The van der Waals surface area contributed by atoms with Crippen molar-refractivity contribution in [1.29, 1.82) is 0 Å². The number of halogens is 2. The lowest BCUT2D eigenvalue weighted by Gasteiger charge is -2.15. The summed E-state index contributed by atoms with van der Waals surface area (Å²) in [6.45, 7) is 0. The first kappa shape index (κ1) is 16.1. The molecule has 0 aliphatic carbocycles. The fourth-order valence-corrected chi connectivity index (χ4v) is 3.64. The summed E-state index contributed by atoms with van der Waals surface area (Å²) >= 11 is 12.4. The molecule has 0 unspecified atom stereocenters. The molecule has 3 aromatic rings. The van der Waals surface area contributed by atoms with Crippen LogP contribution in [0.2, 0.25) is 10.0 Å². The molecule has 7 heteroatoms. The molecule has 0 fully saturated rings. The lowest BCUT2D eigenvalue weighted by Crippen LogP contribution is -2.03. The standard InChI is InChI=1S/C16H10Cl2O4S/c17-13-11-8-4-5-9-12(11)16(23(19,20)21)15(14(13)18)22-10-6-2-1-3-7-10/h1-9H,(H,19,20,21). The summed E-state index contributed by atoms with van der Waals surface area (Å²) in [5.74, 6) is 0.162. The van der Waals surface area contributed by atoms with Crippen molar-refractivity contribution in [3.05, 3.63) is 64.6 Å². The Morgan fingerprint density at radius 3 is 2.00 bits per heavy atom. The third kappa shape index (κ3) is 3.01. The van der Waals surface area contributed by atoms with Crippen LogP contribution >= 0.6 is 23.2 Å². The molecule has 0 amide bonds. The van der Waals surface area contributed by atoms with Crippen LogP contribution in [0.5, 0.6) is 11.5 Å². The second-order valence-electron chi connectivity index (χ2n) is 4.72. The summed E-state index contributed by atoms with van der Waals surface area (Å²) in [5, 5.41) is 0.713. The predicted octanol–water partition coefficient (Wildman–Crippen LogP) is 5.19. The second kappa shape index (κ2) is 6.02. The van der Waals surface area contributed by atoms with E-state index in [0.717, 1.165) is 0 Å². The highest BCUT2D eigenvalue weighted by atomic mass is 35.5. The quantitative estimate of drug-likeness (QED) is 0.646. The molecular weight excluding hydrogens is 359 g/mol. The molecule has 3 rings (SSSR count). The summed E-state index contributed by atoms with van der Waals surface area (Å²) in [6, 6.07) is 15.0. The summed E-state index contributed by atoms with van der Waals surface area (Å²) in [7, 11) is -4.59. The van der Waals surface area contributed by atoms with E-state index in [0.29, 0.717) is 11.1 Å². The molecule has 0 heterocycles. The Balaban J connectivity index is 2.38. The van der Waals surface area contributed by atoms with Crippen molar-refractivity contribution >= 4 is 44.1 Å². The summed E-state index contributed by atoms with van der Waals surface area (Å²) in [5.41, 5.74) is 0. The first-order valence-corrected chi connectivity index (χ1v) is 8.69. The Kier molecular flexibility index (Phi) is 4.21. The van der Waals surface area contributed by atoms with Gasteiger partial charge in [-0.2, -0.15) is 8.42 Å². The minimum Gasteiger partial charge on any atom is -0.454 e. The van der Waals surface area contributed by atoms with Gasteiger partial charge in [0.1, 0.15) is 15.7 Å². The third-order valence-electron chi connectivity index (χ3n) is 3.23. The first-order chi connectivity index (χ1) is 10.9.